The van der Waals surface area contributed by atoms with Gasteiger partial charge in [0.2, 0.25) is 0 Å². The van der Waals surface area contributed by atoms with Gasteiger partial charge in [-0.05, 0) is 26.0 Å². The lowest BCUT2D eigenvalue weighted by Crippen LogP contribution is -2.13. The molecule has 0 aliphatic carbocycles. The predicted molar refractivity (Wildman–Crippen MR) is 71.3 cm³/mol. The fourth-order valence-corrected chi connectivity index (χ4v) is 2.09. The van der Waals surface area contributed by atoms with Crippen LogP contribution in [0.4, 0.5) is 0 Å². The third-order valence-electron chi connectivity index (χ3n) is 3.33. The molecular formula is C14H21N3O. The lowest BCUT2D eigenvalue weighted by Gasteiger charge is -2.03. The fraction of sp³-hybridized carbons (Fsp3) is 0.500. The number of nitrogens with one attached hydrogen (secondary N) is 1. The van der Waals surface area contributed by atoms with E-state index in [2.05, 4.69) is 24.3 Å². The number of nitrogens with zero attached hydrogens (tertiary/aromatic N) is 2. The molecule has 1 N–H and O–H groups in total. The normalized spacial score (nSPS) is 11.1. The predicted octanol–water partition coefficient (Wildman–Crippen LogP) is 2.48. The fourth-order valence-electron chi connectivity index (χ4n) is 2.09. The monoisotopic (exact) mass is 247 g/mol. The molecule has 0 unspecified atom stereocenters. The largest absolute Gasteiger partial charge is 0.465 e. The van der Waals surface area contributed by atoms with E-state index in [1.54, 1.807) is 0 Å². The van der Waals surface area contributed by atoms with E-state index < -0.39 is 0 Å². The van der Waals surface area contributed by atoms with Gasteiger partial charge in [-0.3, -0.25) is 4.68 Å². The van der Waals surface area contributed by atoms with Crippen molar-refractivity contribution >= 4 is 0 Å². The van der Waals surface area contributed by atoms with E-state index in [9.17, 15) is 0 Å². The summed E-state index contributed by atoms with van der Waals surface area (Å²) in [5.41, 5.74) is 3.59. The molecule has 2 aromatic heterocycles. The van der Waals surface area contributed by atoms with E-state index >= 15 is 0 Å². The molecular weight excluding hydrogens is 226 g/mol. The van der Waals surface area contributed by atoms with Gasteiger partial charge in [-0.1, -0.05) is 6.92 Å². The third kappa shape index (κ3) is 2.64. The first-order valence-electron chi connectivity index (χ1n) is 6.39. The molecule has 0 aliphatic rings. The molecule has 4 heteroatoms. The summed E-state index contributed by atoms with van der Waals surface area (Å²) in [6, 6.07) is 4.08. The molecule has 0 saturated heterocycles. The average Bonchev–Trinajstić information content (AvgIpc) is 2.89. The number of hydrogen-bond acceptors (Lipinski definition) is 3. The van der Waals surface area contributed by atoms with Gasteiger partial charge in [0.05, 0.1) is 12.2 Å². The van der Waals surface area contributed by atoms with Crippen LogP contribution in [0.5, 0.6) is 0 Å². The summed E-state index contributed by atoms with van der Waals surface area (Å²) >= 11 is 0. The topological polar surface area (TPSA) is 43.0 Å². The van der Waals surface area contributed by atoms with Crippen LogP contribution in [0.1, 0.15) is 35.4 Å². The average molecular weight is 247 g/mol. The second kappa shape index (κ2) is 5.40. The van der Waals surface area contributed by atoms with Crippen LogP contribution in [0, 0.1) is 13.8 Å². The minimum Gasteiger partial charge on any atom is -0.465 e. The summed E-state index contributed by atoms with van der Waals surface area (Å²) in [6.45, 7) is 7.82. The molecule has 0 atom stereocenters. The number of furan rings is 1. The molecule has 98 valence electrons. The van der Waals surface area contributed by atoms with Crippen molar-refractivity contribution in [2.24, 2.45) is 7.05 Å². The molecule has 0 amide bonds. The van der Waals surface area contributed by atoms with Crippen LogP contribution >= 0.6 is 0 Å². The minimum absolute atomic E-state index is 0.758. The van der Waals surface area contributed by atoms with Gasteiger partial charge in [-0.2, -0.15) is 5.10 Å². The Hall–Kier alpha value is -1.55. The van der Waals surface area contributed by atoms with Crippen LogP contribution in [-0.4, -0.2) is 9.78 Å². The molecule has 4 nitrogen and oxygen atoms in total. The summed E-state index contributed by atoms with van der Waals surface area (Å²) in [5.74, 6) is 2.03. The maximum Gasteiger partial charge on any atom is 0.117 e. The van der Waals surface area contributed by atoms with E-state index in [0.29, 0.717) is 0 Å². The molecule has 0 fully saturated rings. The minimum atomic E-state index is 0.758. The first-order chi connectivity index (χ1) is 8.61. The van der Waals surface area contributed by atoms with Crippen LogP contribution in [0.25, 0.3) is 0 Å². The highest BCUT2D eigenvalue weighted by molar-refractivity contribution is 5.24. The van der Waals surface area contributed by atoms with Gasteiger partial charge in [0, 0.05) is 31.3 Å². The molecule has 2 heterocycles. The van der Waals surface area contributed by atoms with Gasteiger partial charge in [0.25, 0.3) is 0 Å². The lowest BCUT2D eigenvalue weighted by atomic mass is 10.2. The smallest absolute Gasteiger partial charge is 0.117 e. The highest BCUT2D eigenvalue weighted by Crippen LogP contribution is 2.12. The van der Waals surface area contributed by atoms with E-state index in [1.807, 2.05) is 30.8 Å². The van der Waals surface area contributed by atoms with E-state index in [4.69, 9.17) is 4.42 Å². The Morgan fingerprint density at radius 1 is 1.22 bits per heavy atom. The van der Waals surface area contributed by atoms with Crippen LogP contribution in [0.15, 0.2) is 16.5 Å². The molecule has 0 aromatic carbocycles. The molecule has 0 aliphatic heterocycles. The maximum atomic E-state index is 5.65. The number of aromatic nitrogens is 2. The summed E-state index contributed by atoms with van der Waals surface area (Å²) in [5, 5.41) is 7.81. The standard InChI is InChI=1S/C14H21N3O/c1-5-12-6-7-13(18-12)8-15-9-14-10(2)16-17(4)11(14)3/h6-7,15H,5,8-9H2,1-4H3. The molecule has 0 spiro atoms. The Labute approximate surface area is 108 Å². The Balaban J connectivity index is 1.92. The van der Waals surface area contributed by atoms with Gasteiger partial charge in [-0.15, -0.1) is 0 Å². The molecule has 18 heavy (non-hydrogen) atoms. The zero-order valence-electron chi connectivity index (χ0n) is 11.6. The number of hydrogen-bond donors (Lipinski definition) is 1. The van der Waals surface area contributed by atoms with Crippen molar-refractivity contribution in [1.82, 2.24) is 15.1 Å². The van der Waals surface area contributed by atoms with Gasteiger partial charge in [0.15, 0.2) is 0 Å². The molecule has 0 saturated carbocycles. The number of aryl methyl sites for hydroxylation is 3. The van der Waals surface area contributed by atoms with Gasteiger partial charge >= 0.3 is 0 Å². The van der Waals surface area contributed by atoms with Crippen molar-refractivity contribution in [3.8, 4) is 0 Å². The first kappa shape index (κ1) is 12.9. The van der Waals surface area contributed by atoms with Crippen molar-refractivity contribution in [2.75, 3.05) is 0 Å². The van der Waals surface area contributed by atoms with Crippen LogP contribution in [0.2, 0.25) is 0 Å². The van der Waals surface area contributed by atoms with Gasteiger partial charge in [0.1, 0.15) is 11.5 Å². The van der Waals surface area contributed by atoms with Crippen LogP contribution < -0.4 is 5.32 Å². The van der Waals surface area contributed by atoms with Crippen molar-refractivity contribution in [2.45, 2.75) is 40.3 Å². The molecule has 0 bridgehead atoms. The van der Waals surface area contributed by atoms with Crippen molar-refractivity contribution in [3.63, 3.8) is 0 Å². The summed E-state index contributed by atoms with van der Waals surface area (Å²) in [7, 11) is 1.98. The third-order valence-corrected chi connectivity index (χ3v) is 3.33. The summed E-state index contributed by atoms with van der Waals surface area (Å²) < 4.78 is 7.58. The van der Waals surface area contributed by atoms with Gasteiger partial charge in [-0.25, -0.2) is 0 Å². The summed E-state index contributed by atoms with van der Waals surface area (Å²) in [4.78, 5) is 0. The van der Waals surface area contributed by atoms with Crippen LogP contribution in [0.3, 0.4) is 0 Å². The van der Waals surface area contributed by atoms with Crippen LogP contribution in [-0.2, 0) is 26.6 Å². The number of rotatable bonds is 5. The quantitative estimate of drug-likeness (QED) is 0.882. The molecule has 0 radical (unpaired) electrons. The second-order valence-corrected chi connectivity index (χ2v) is 4.60. The molecule has 2 aromatic rings. The molecule has 2 rings (SSSR count). The van der Waals surface area contributed by atoms with Crippen molar-refractivity contribution in [1.29, 1.82) is 0 Å². The summed E-state index contributed by atoms with van der Waals surface area (Å²) in [6.07, 6.45) is 0.945. The van der Waals surface area contributed by atoms with E-state index in [0.717, 1.165) is 36.7 Å². The van der Waals surface area contributed by atoms with E-state index in [-0.39, 0.29) is 0 Å². The zero-order valence-corrected chi connectivity index (χ0v) is 11.6. The van der Waals surface area contributed by atoms with Crippen molar-refractivity contribution in [3.05, 3.63) is 40.6 Å². The Morgan fingerprint density at radius 3 is 2.50 bits per heavy atom. The Morgan fingerprint density at radius 2 is 1.94 bits per heavy atom. The second-order valence-electron chi connectivity index (χ2n) is 4.60. The van der Waals surface area contributed by atoms with E-state index in [1.165, 1.54) is 11.3 Å². The lowest BCUT2D eigenvalue weighted by molar-refractivity contribution is 0.450. The Kier molecular flexibility index (Phi) is 3.87. The highest BCUT2D eigenvalue weighted by Gasteiger charge is 2.08. The maximum absolute atomic E-state index is 5.65. The SMILES string of the molecule is CCc1ccc(CNCc2c(C)nn(C)c2C)o1. The first-order valence-corrected chi connectivity index (χ1v) is 6.39. The van der Waals surface area contributed by atoms with Gasteiger partial charge < -0.3 is 9.73 Å². The highest BCUT2D eigenvalue weighted by atomic mass is 16.3. The zero-order chi connectivity index (χ0) is 13.1. The van der Waals surface area contributed by atoms with Crippen molar-refractivity contribution < 1.29 is 4.42 Å². The Bertz CT molecular complexity index is 525.